The lowest BCUT2D eigenvalue weighted by Gasteiger charge is -2.13. The number of aromatic nitrogens is 2. The quantitative estimate of drug-likeness (QED) is 0.860. The molecule has 0 fully saturated rings. The van der Waals surface area contributed by atoms with Crippen LogP contribution in [0.15, 0.2) is 36.5 Å². The molecule has 2 rings (SSSR count). The second-order valence-corrected chi connectivity index (χ2v) is 4.37. The topological polar surface area (TPSA) is 37.8 Å². The van der Waals surface area contributed by atoms with E-state index >= 15 is 0 Å². The van der Waals surface area contributed by atoms with Gasteiger partial charge >= 0.3 is 0 Å². The maximum absolute atomic E-state index is 13.4. The first kappa shape index (κ1) is 12.8. The van der Waals surface area contributed by atoms with Crippen molar-refractivity contribution in [3.05, 3.63) is 53.2 Å². The third-order valence-electron chi connectivity index (χ3n) is 2.66. The highest BCUT2D eigenvalue weighted by atomic mass is 35.5. The molecule has 18 heavy (non-hydrogen) atoms. The van der Waals surface area contributed by atoms with Gasteiger partial charge in [-0.05, 0) is 23.1 Å². The van der Waals surface area contributed by atoms with E-state index in [0.29, 0.717) is 6.54 Å². The number of benzene rings is 1. The Morgan fingerprint density at radius 2 is 2.06 bits per heavy atom. The van der Waals surface area contributed by atoms with Gasteiger partial charge in [-0.15, -0.1) is 0 Å². The molecule has 0 spiro atoms. The van der Waals surface area contributed by atoms with E-state index in [1.165, 1.54) is 5.56 Å². The standard InChI is InChI=1S/C13H13ClFN3/c1-9(10-5-3-2-4-6-10)7-16-12-11(15)8-17-13(14)18-12/h2-6,8-9H,7H2,1H3,(H,16,17,18). The number of rotatable bonds is 4. The van der Waals surface area contributed by atoms with E-state index in [0.717, 1.165) is 6.20 Å². The fourth-order valence-corrected chi connectivity index (χ4v) is 1.75. The Morgan fingerprint density at radius 3 is 2.78 bits per heavy atom. The van der Waals surface area contributed by atoms with Gasteiger partial charge in [0.15, 0.2) is 11.6 Å². The summed E-state index contributed by atoms with van der Waals surface area (Å²) in [6.45, 7) is 2.64. The van der Waals surface area contributed by atoms with Crippen LogP contribution >= 0.6 is 11.6 Å². The largest absolute Gasteiger partial charge is 0.367 e. The molecule has 0 aliphatic carbocycles. The van der Waals surface area contributed by atoms with Crippen LogP contribution in [0.3, 0.4) is 0 Å². The molecule has 0 saturated carbocycles. The summed E-state index contributed by atoms with van der Waals surface area (Å²) in [4.78, 5) is 7.37. The van der Waals surface area contributed by atoms with Gasteiger partial charge in [0.1, 0.15) is 0 Å². The molecule has 1 unspecified atom stereocenters. The Hall–Kier alpha value is -1.68. The van der Waals surface area contributed by atoms with E-state index in [1.807, 2.05) is 30.3 Å². The normalized spacial score (nSPS) is 12.2. The van der Waals surface area contributed by atoms with Gasteiger partial charge in [-0.25, -0.2) is 9.37 Å². The molecule has 1 heterocycles. The molecule has 0 saturated heterocycles. The fourth-order valence-electron chi connectivity index (χ4n) is 1.62. The van der Waals surface area contributed by atoms with Crippen molar-refractivity contribution in [2.24, 2.45) is 0 Å². The Labute approximate surface area is 110 Å². The van der Waals surface area contributed by atoms with Crippen molar-refractivity contribution in [3.63, 3.8) is 0 Å². The lowest BCUT2D eigenvalue weighted by atomic mass is 10.0. The minimum atomic E-state index is -0.500. The summed E-state index contributed by atoms with van der Waals surface area (Å²) < 4.78 is 13.4. The van der Waals surface area contributed by atoms with Crippen LogP contribution in [0, 0.1) is 5.82 Å². The molecule has 0 radical (unpaired) electrons. The second kappa shape index (κ2) is 5.78. The summed E-state index contributed by atoms with van der Waals surface area (Å²) in [5.41, 5.74) is 1.19. The smallest absolute Gasteiger partial charge is 0.224 e. The predicted molar refractivity (Wildman–Crippen MR) is 70.3 cm³/mol. The second-order valence-electron chi connectivity index (χ2n) is 4.03. The first-order chi connectivity index (χ1) is 8.66. The molecule has 1 atom stereocenters. The van der Waals surface area contributed by atoms with Crippen molar-refractivity contribution in [1.82, 2.24) is 9.97 Å². The predicted octanol–water partition coefficient (Wildman–Crippen LogP) is 3.48. The van der Waals surface area contributed by atoms with Gasteiger partial charge in [0.2, 0.25) is 5.28 Å². The highest BCUT2D eigenvalue weighted by Crippen LogP contribution is 2.17. The number of nitrogens with one attached hydrogen (secondary N) is 1. The Bertz CT molecular complexity index is 519. The molecular formula is C13H13ClFN3. The molecule has 0 aliphatic rings. The van der Waals surface area contributed by atoms with Crippen LogP contribution < -0.4 is 5.32 Å². The molecular weight excluding hydrogens is 253 g/mol. The van der Waals surface area contributed by atoms with Crippen LogP contribution in [0.25, 0.3) is 0 Å². The van der Waals surface area contributed by atoms with Crippen molar-refractivity contribution >= 4 is 17.4 Å². The molecule has 5 heteroatoms. The Kier molecular flexibility index (Phi) is 4.10. The average Bonchev–Trinajstić information content (AvgIpc) is 2.40. The molecule has 94 valence electrons. The van der Waals surface area contributed by atoms with Gasteiger partial charge in [0.05, 0.1) is 6.20 Å². The number of nitrogens with zero attached hydrogens (tertiary/aromatic N) is 2. The van der Waals surface area contributed by atoms with E-state index in [4.69, 9.17) is 11.6 Å². The van der Waals surface area contributed by atoms with Crippen molar-refractivity contribution in [3.8, 4) is 0 Å². The zero-order valence-corrected chi connectivity index (χ0v) is 10.7. The van der Waals surface area contributed by atoms with E-state index in [1.54, 1.807) is 0 Å². The van der Waals surface area contributed by atoms with Crippen LogP contribution in [0.2, 0.25) is 5.28 Å². The zero-order valence-electron chi connectivity index (χ0n) is 9.90. The van der Waals surface area contributed by atoms with Crippen LogP contribution in [-0.4, -0.2) is 16.5 Å². The number of halogens is 2. The molecule has 1 aromatic carbocycles. The first-order valence-electron chi connectivity index (χ1n) is 5.63. The lowest BCUT2D eigenvalue weighted by molar-refractivity contribution is 0.615. The van der Waals surface area contributed by atoms with E-state index in [9.17, 15) is 4.39 Å². The minimum Gasteiger partial charge on any atom is -0.367 e. The summed E-state index contributed by atoms with van der Waals surface area (Å²) in [6.07, 6.45) is 1.06. The molecule has 3 nitrogen and oxygen atoms in total. The summed E-state index contributed by atoms with van der Waals surface area (Å²) in [7, 11) is 0. The number of hydrogen-bond donors (Lipinski definition) is 1. The van der Waals surface area contributed by atoms with E-state index in [2.05, 4.69) is 22.2 Å². The summed E-state index contributed by atoms with van der Waals surface area (Å²) >= 11 is 5.62. The van der Waals surface area contributed by atoms with Crippen molar-refractivity contribution in [2.45, 2.75) is 12.8 Å². The maximum Gasteiger partial charge on any atom is 0.224 e. The molecule has 1 aromatic heterocycles. The van der Waals surface area contributed by atoms with Crippen molar-refractivity contribution in [1.29, 1.82) is 0 Å². The SMILES string of the molecule is CC(CNc1nc(Cl)ncc1F)c1ccccc1. The van der Waals surface area contributed by atoms with Crippen molar-refractivity contribution in [2.75, 3.05) is 11.9 Å². The van der Waals surface area contributed by atoms with Crippen LogP contribution in [0.1, 0.15) is 18.4 Å². The molecule has 0 aliphatic heterocycles. The molecule has 0 amide bonds. The molecule has 2 aromatic rings. The third kappa shape index (κ3) is 3.17. The molecule has 0 bridgehead atoms. The van der Waals surface area contributed by atoms with Gasteiger partial charge in [-0.2, -0.15) is 4.98 Å². The number of hydrogen-bond acceptors (Lipinski definition) is 3. The first-order valence-corrected chi connectivity index (χ1v) is 6.01. The average molecular weight is 266 g/mol. The third-order valence-corrected chi connectivity index (χ3v) is 2.84. The fraction of sp³-hybridized carbons (Fsp3) is 0.231. The van der Waals surface area contributed by atoms with Crippen LogP contribution in [0.4, 0.5) is 10.2 Å². The van der Waals surface area contributed by atoms with Gasteiger partial charge in [0.25, 0.3) is 0 Å². The maximum atomic E-state index is 13.4. The highest BCUT2D eigenvalue weighted by molar-refractivity contribution is 6.28. The van der Waals surface area contributed by atoms with Crippen molar-refractivity contribution < 1.29 is 4.39 Å². The zero-order chi connectivity index (χ0) is 13.0. The van der Waals surface area contributed by atoms with Gasteiger partial charge in [-0.1, -0.05) is 37.3 Å². The van der Waals surface area contributed by atoms with E-state index < -0.39 is 5.82 Å². The Balaban J connectivity index is 2.01. The van der Waals surface area contributed by atoms with Crippen LogP contribution in [-0.2, 0) is 0 Å². The van der Waals surface area contributed by atoms with E-state index in [-0.39, 0.29) is 17.0 Å². The van der Waals surface area contributed by atoms with Gasteiger partial charge < -0.3 is 5.32 Å². The highest BCUT2D eigenvalue weighted by Gasteiger charge is 2.09. The lowest BCUT2D eigenvalue weighted by Crippen LogP contribution is -2.12. The van der Waals surface area contributed by atoms with Gasteiger partial charge in [-0.3, -0.25) is 0 Å². The van der Waals surface area contributed by atoms with Crippen LogP contribution in [0.5, 0.6) is 0 Å². The Morgan fingerprint density at radius 1 is 1.33 bits per heavy atom. The summed E-state index contributed by atoms with van der Waals surface area (Å²) in [5, 5.41) is 2.98. The molecule has 1 N–H and O–H groups in total. The summed E-state index contributed by atoms with van der Waals surface area (Å²) in [6, 6.07) is 10.0. The monoisotopic (exact) mass is 265 g/mol. The minimum absolute atomic E-state index is 0.0336. The van der Waals surface area contributed by atoms with Gasteiger partial charge in [0, 0.05) is 6.54 Å². The number of anilines is 1. The summed E-state index contributed by atoms with van der Waals surface area (Å²) in [5.74, 6) is -0.114.